The van der Waals surface area contributed by atoms with Gasteiger partial charge in [-0.1, -0.05) is 30.5 Å². The predicted octanol–water partition coefficient (Wildman–Crippen LogP) is 2.93. The summed E-state index contributed by atoms with van der Waals surface area (Å²) in [4.78, 5) is 12.1. The van der Waals surface area contributed by atoms with E-state index in [0.717, 1.165) is 49.1 Å². The van der Waals surface area contributed by atoms with E-state index in [1.165, 1.54) is 5.56 Å². The lowest BCUT2D eigenvalue weighted by molar-refractivity contribution is 0.0940. The summed E-state index contributed by atoms with van der Waals surface area (Å²) in [6.45, 7) is 0. The van der Waals surface area contributed by atoms with Crippen molar-refractivity contribution < 1.29 is 9.90 Å². The van der Waals surface area contributed by atoms with Crippen molar-refractivity contribution in [3.05, 3.63) is 34.3 Å². The van der Waals surface area contributed by atoms with Gasteiger partial charge in [-0.25, -0.2) is 4.79 Å². The van der Waals surface area contributed by atoms with Crippen molar-refractivity contribution in [2.45, 2.75) is 56.7 Å². The number of carbonyl (C=O) groups is 1. The summed E-state index contributed by atoms with van der Waals surface area (Å²) in [5, 5.41) is 16.6. The average molecular weight is 309 g/mol. The van der Waals surface area contributed by atoms with Gasteiger partial charge >= 0.3 is 6.03 Å². The van der Waals surface area contributed by atoms with Crippen molar-refractivity contribution in [2.24, 2.45) is 0 Å². The summed E-state index contributed by atoms with van der Waals surface area (Å²) >= 11 is 5.99. The molecule has 0 saturated heterocycles. The Kier molecular flexibility index (Phi) is 4.36. The SMILES string of the molecule is O=C(NC1CCc2cc(Cl)ccc21)NC1CCCCC1O. The van der Waals surface area contributed by atoms with E-state index in [9.17, 15) is 9.90 Å². The van der Waals surface area contributed by atoms with Crippen LogP contribution in [0.1, 0.15) is 49.3 Å². The molecule has 114 valence electrons. The maximum absolute atomic E-state index is 12.1. The molecule has 0 aromatic heterocycles. The highest BCUT2D eigenvalue weighted by Gasteiger charge is 2.27. The zero-order valence-corrected chi connectivity index (χ0v) is 12.7. The van der Waals surface area contributed by atoms with E-state index in [1.54, 1.807) is 0 Å². The van der Waals surface area contributed by atoms with Gasteiger partial charge in [-0.2, -0.15) is 0 Å². The first-order valence-corrected chi connectivity index (χ1v) is 8.04. The highest BCUT2D eigenvalue weighted by Crippen LogP contribution is 2.32. The molecular formula is C16H21ClN2O2. The van der Waals surface area contributed by atoms with Crippen LogP contribution in [0.4, 0.5) is 4.79 Å². The number of amides is 2. The Morgan fingerprint density at radius 3 is 2.81 bits per heavy atom. The lowest BCUT2D eigenvalue weighted by atomic mass is 9.93. The minimum atomic E-state index is -0.417. The molecule has 1 aromatic carbocycles. The summed E-state index contributed by atoms with van der Waals surface area (Å²) in [6, 6.07) is 5.56. The summed E-state index contributed by atoms with van der Waals surface area (Å²) in [5.74, 6) is 0. The fourth-order valence-electron chi connectivity index (χ4n) is 3.38. The zero-order chi connectivity index (χ0) is 14.8. The van der Waals surface area contributed by atoms with Crippen LogP contribution in [0.3, 0.4) is 0 Å². The second kappa shape index (κ2) is 6.24. The van der Waals surface area contributed by atoms with Crippen molar-refractivity contribution in [3.8, 4) is 0 Å². The van der Waals surface area contributed by atoms with Crippen LogP contribution in [-0.2, 0) is 6.42 Å². The van der Waals surface area contributed by atoms with Crippen LogP contribution >= 0.6 is 11.6 Å². The minimum absolute atomic E-state index is 0.0398. The Bertz CT molecular complexity index is 535. The molecule has 3 rings (SSSR count). The van der Waals surface area contributed by atoms with Crippen LogP contribution in [0.2, 0.25) is 5.02 Å². The largest absolute Gasteiger partial charge is 0.391 e. The second-order valence-electron chi connectivity index (χ2n) is 6.01. The summed E-state index contributed by atoms with van der Waals surface area (Å²) in [5.41, 5.74) is 2.37. The molecule has 2 amide bonds. The summed E-state index contributed by atoms with van der Waals surface area (Å²) < 4.78 is 0. The molecule has 5 heteroatoms. The molecule has 1 aromatic rings. The lowest BCUT2D eigenvalue weighted by Gasteiger charge is -2.29. The van der Waals surface area contributed by atoms with Gasteiger partial charge in [0, 0.05) is 5.02 Å². The standard InChI is InChI=1S/C16H21ClN2O2/c17-11-6-7-12-10(9-11)5-8-13(12)18-16(21)19-14-3-1-2-4-15(14)20/h6-7,9,13-15,20H,1-5,8H2,(H2,18,19,21). The van der Waals surface area contributed by atoms with Crippen LogP contribution < -0.4 is 10.6 Å². The molecule has 2 aliphatic carbocycles. The number of aryl methyl sites for hydroxylation is 1. The van der Waals surface area contributed by atoms with Crippen LogP contribution in [0.25, 0.3) is 0 Å². The number of urea groups is 1. The molecule has 0 aliphatic heterocycles. The Balaban J connectivity index is 1.59. The molecule has 0 heterocycles. The lowest BCUT2D eigenvalue weighted by Crippen LogP contribution is -2.49. The average Bonchev–Trinajstić information content (AvgIpc) is 2.83. The number of benzene rings is 1. The van der Waals surface area contributed by atoms with E-state index in [2.05, 4.69) is 10.6 Å². The Labute approximate surface area is 129 Å². The molecule has 0 bridgehead atoms. The quantitative estimate of drug-likeness (QED) is 0.786. The fraction of sp³-hybridized carbons (Fsp3) is 0.562. The highest BCUT2D eigenvalue weighted by atomic mass is 35.5. The van der Waals surface area contributed by atoms with Gasteiger partial charge in [-0.15, -0.1) is 0 Å². The van der Waals surface area contributed by atoms with Gasteiger partial charge in [0.05, 0.1) is 18.2 Å². The van der Waals surface area contributed by atoms with Gasteiger partial charge in [0.2, 0.25) is 0 Å². The first-order chi connectivity index (χ1) is 10.1. The van der Waals surface area contributed by atoms with Gasteiger partial charge in [0.1, 0.15) is 0 Å². The van der Waals surface area contributed by atoms with Gasteiger partial charge in [-0.3, -0.25) is 0 Å². The smallest absolute Gasteiger partial charge is 0.315 e. The molecule has 2 aliphatic rings. The molecule has 1 fully saturated rings. The van der Waals surface area contributed by atoms with Gasteiger partial charge in [0.15, 0.2) is 0 Å². The van der Waals surface area contributed by atoms with Crippen LogP contribution in [-0.4, -0.2) is 23.3 Å². The first-order valence-electron chi connectivity index (χ1n) is 7.67. The first kappa shape index (κ1) is 14.7. The van der Waals surface area contributed by atoms with E-state index >= 15 is 0 Å². The number of aliphatic hydroxyl groups is 1. The topological polar surface area (TPSA) is 61.4 Å². The number of fused-ring (bicyclic) bond motifs is 1. The number of nitrogens with one attached hydrogen (secondary N) is 2. The van der Waals surface area contributed by atoms with E-state index in [4.69, 9.17) is 11.6 Å². The predicted molar refractivity (Wildman–Crippen MR) is 82.4 cm³/mol. The molecule has 0 radical (unpaired) electrons. The Hall–Kier alpha value is -1.26. The number of aliphatic hydroxyl groups excluding tert-OH is 1. The third kappa shape index (κ3) is 3.33. The third-order valence-corrected chi connectivity index (χ3v) is 4.77. The van der Waals surface area contributed by atoms with Crippen molar-refractivity contribution >= 4 is 17.6 Å². The van der Waals surface area contributed by atoms with E-state index in [0.29, 0.717) is 0 Å². The molecule has 4 nitrogen and oxygen atoms in total. The third-order valence-electron chi connectivity index (χ3n) is 4.53. The van der Waals surface area contributed by atoms with Gasteiger partial charge in [-0.05, 0) is 48.9 Å². The fourth-order valence-corrected chi connectivity index (χ4v) is 3.58. The maximum Gasteiger partial charge on any atom is 0.315 e. The number of hydrogen-bond donors (Lipinski definition) is 3. The Morgan fingerprint density at radius 1 is 1.19 bits per heavy atom. The zero-order valence-electron chi connectivity index (χ0n) is 11.9. The number of halogens is 1. The molecular weight excluding hydrogens is 288 g/mol. The second-order valence-corrected chi connectivity index (χ2v) is 6.45. The van der Waals surface area contributed by atoms with Crippen molar-refractivity contribution in [2.75, 3.05) is 0 Å². The molecule has 1 saturated carbocycles. The van der Waals surface area contributed by atoms with E-state index in [-0.39, 0.29) is 18.1 Å². The molecule has 0 spiro atoms. The summed E-state index contributed by atoms with van der Waals surface area (Å²) in [7, 11) is 0. The van der Waals surface area contributed by atoms with Gasteiger partial charge in [0.25, 0.3) is 0 Å². The van der Waals surface area contributed by atoms with Crippen molar-refractivity contribution in [3.63, 3.8) is 0 Å². The Morgan fingerprint density at radius 2 is 2.00 bits per heavy atom. The van der Waals surface area contributed by atoms with Gasteiger partial charge < -0.3 is 15.7 Å². The molecule has 3 atom stereocenters. The number of rotatable bonds is 2. The van der Waals surface area contributed by atoms with E-state index < -0.39 is 6.10 Å². The normalized spacial score (nSPS) is 28.0. The highest BCUT2D eigenvalue weighted by molar-refractivity contribution is 6.30. The summed E-state index contributed by atoms with van der Waals surface area (Å²) in [6.07, 6.45) is 5.15. The molecule has 3 unspecified atom stereocenters. The monoisotopic (exact) mass is 308 g/mol. The van der Waals surface area contributed by atoms with E-state index in [1.807, 2.05) is 18.2 Å². The molecule has 3 N–H and O–H groups in total. The van der Waals surface area contributed by atoms with Crippen LogP contribution in [0.5, 0.6) is 0 Å². The molecule has 21 heavy (non-hydrogen) atoms. The van der Waals surface area contributed by atoms with Crippen LogP contribution in [0.15, 0.2) is 18.2 Å². The minimum Gasteiger partial charge on any atom is -0.391 e. The number of carbonyl (C=O) groups excluding carboxylic acids is 1. The number of hydrogen-bond acceptors (Lipinski definition) is 2. The van der Waals surface area contributed by atoms with Crippen LogP contribution in [0, 0.1) is 0 Å². The maximum atomic E-state index is 12.1. The van der Waals surface area contributed by atoms with Crippen molar-refractivity contribution in [1.82, 2.24) is 10.6 Å². The van der Waals surface area contributed by atoms with Crippen molar-refractivity contribution in [1.29, 1.82) is 0 Å².